The van der Waals surface area contributed by atoms with Crippen LogP contribution >= 0.6 is 11.8 Å². The highest BCUT2D eigenvalue weighted by atomic mass is 32.2. The molecule has 0 bridgehead atoms. The van der Waals surface area contributed by atoms with Crippen LogP contribution in [0.5, 0.6) is 5.75 Å². The molecule has 1 N–H and O–H groups in total. The summed E-state index contributed by atoms with van der Waals surface area (Å²) < 4.78 is 5.37. The fraction of sp³-hybridized carbons (Fsp3) is 0.562. The number of carboxylic acid groups (broad SMARTS) is 1. The number of para-hydroxylation sites is 1. The van der Waals surface area contributed by atoms with Gasteiger partial charge in [0.15, 0.2) is 0 Å². The minimum absolute atomic E-state index is 0.141. The topological polar surface area (TPSA) is 46.5 Å². The van der Waals surface area contributed by atoms with Gasteiger partial charge in [-0.2, -0.15) is 0 Å². The van der Waals surface area contributed by atoms with Gasteiger partial charge in [0.2, 0.25) is 0 Å². The van der Waals surface area contributed by atoms with Crippen LogP contribution in [0.15, 0.2) is 29.2 Å². The molecule has 1 aromatic carbocycles. The fourth-order valence-electron chi connectivity index (χ4n) is 2.87. The molecule has 3 unspecified atom stereocenters. The van der Waals surface area contributed by atoms with Crippen LogP contribution in [0.25, 0.3) is 0 Å². The first-order valence-corrected chi connectivity index (χ1v) is 8.06. The number of methoxy groups -OCH3 is 1. The SMILES string of the molecule is CCC1CCC(C(=O)O)C(Sc2ccccc2OC)C1. The third-order valence-electron chi connectivity index (χ3n) is 4.14. The maximum absolute atomic E-state index is 11.5. The fourth-order valence-corrected chi connectivity index (χ4v) is 4.41. The molecule has 0 saturated heterocycles. The standard InChI is InChI=1S/C16H22O3S/c1-3-11-8-9-12(16(17)18)15(10-11)20-14-7-5-4-6-13(14)19-2/h4-7,11-12,15H,3,8-10H2,1-2H3,(H,17,18). The molecule has 3 nitrogen and oxygen atoms in total. The van der Waals surface area contributed by atoms with Crippen LogP contribution < -0.4 is 4.74 Å². The van der Waals surface area contributed by atoms with Crippen molar-refractivity contribution in [2.24, 2.45) is 11.8 Å². The van der Waals surface area contributed by atoms with E-state index in [0.29, 0.717) is 5.92 Å². The minimum Gasteiger partial charge on any atom is -0.496 e. The molecule has 1 fully saturated rings. The third kappa shape index (κ3) is 3.48. The number of carbonyl (C=O) groups is 1. The van der Waals surface area contributed by atoms with Gasteiger partial charge in [-0.1, -0.05) is 25.5 Å². The van der Waals surface area contributed by atoms with Crippen molar-refractivity contribution >= 4 is 17.7 Å². The van der Waals surface area contributed by atoms with Crippen LogP contribution in [0.3, 0.4) is 0 Å². The van der Waals surface area contributed by atoms with Crippen LogP contribution in [0.4, 0.5) is 0 Å². The second-order valence-electron chi connectivity index (χ2n) is 5.34. The molecule has 0 radical (unpaired) electrons. The largest absolute Gasteiger partial charge is 0.496 e. The Morgan fingerprint density at radius 2 is 2.15 bits per heavy atom. The molecule has 4 heteroatoms. The molecule has 1 saturated carbocycles. The molecular formula is C16H22O3S. The quantitative estimate of drug-likeness (QED) is 0.889. The molecule has 2 rings (SSSR count). The lowest BCUT2D eigenvalue weighted by molar-refractivity contribution is -0.142. The van der Waals surface area contributed by atoms with Gasteiger partial charge in [0.05, 0.1) is 13.0 Å². The maximum Gasteiger partial charge on any atom is 0.307 e. The van der Waals surface area contributed by atoms with Crippen molar-refractivity contribution in [3.05, 3.63) is 24.3 Å². The second-order valence-corrected chi connectivity index (χ2v) is 6.62. The first-order chi connectivity index (χ1) is 9.65. The molecule has 0 amide bonds. The summed E-state index contributed by atoms with van der Waals surface area (Å²) in [5, 5.41) is 9.57. The Kier molecular flexibility index (Phi) is 5.35. The van der Waals surface area contributed by atoms with Gasteiger partial charge in [-0.3, -0.25) is 4.79 Å². The lowest BCUT2D eigenvalue weighted by Crippen LogP contribution is -2.32. The summed E-state index contributed by atoms with van der Waals surface area (Å²) in [6, 6.07) is 7.85. The Bertz CT molecular complexity index is 461. The Balaban J connectivity index is 2.16. The van der Waals surface area contributed by atoms with E-state index < -0.39 is 5.97 Å². The monoisotopic (exact) mass is 294 g/mol. The average molecular weight is 294 g/mol. The molecule has 0 aromatic heterocycles. The van der Waals surface area contributed by atoms with Gasteiger partial charge in [0, 0.05) is 10.1 Å². The van der Waals surface area contributed by atoms with E-state index >= 15 is 0 Å². The van der Waals surface area contributed by atoms with Crippen LogP contribution in [0.1, 0.15) is 32.6 Å². The maximum atomic E-state index is 11.5. The van der Waals surface area contributed by atoms with E-state index in [2.05, 4.69) is 6.92 Å². The van der Waals surface area contributed by atoms with E-state index in [9.17, 15) is 9.90 Å². The molecule has 1 aliphatic rings. The summed E-state index contributed by atoms with van der Waals surface area (Å²) in [6.45, 7) is 2.19. The van der Waals surface area contributed by atoms with Crippen LogP contribution in [-0.4, -0.2) is 23.4 Å². The number of rotatable bonds is 5. The van der Waals surface area contributed by atoms with E-state index in [1.165, 1.54) is 0 Å². The zero-order chi connectivity index (χ0) is 14.5. The molecule has 1 aromatic rings. The zero-order valence-electron chi connectivity index (χ0n) is 12.0. The van der Waals surface area contributed by atoms with Crippen molar-refractivity contribution < 1.29 is 14.6 Å². The summed E-state index contributed by atoms with van der Waals surface area (Å²) in [5.41, 5.74) is 0. The lowest BCUT2D eigenvalue weighted by Gasteiger charge is -2.33. The number of aliphatic carboxylic acids is 1. The predicted molar refractivity (Wildman–Crippen MR) is 81.4 cm³/mol. The van der Waals surface area contributed by atoms with Crippen molar-refractivity contribution in [3.63, 3.8) is 0 Å². The van der Waals surface area contributed by atoms with Gasteiger partial charge in [-0.15, -0.1) is 11.8 Å². The molecule has 20 heavy (non-hydrogen) atoms. The van der Waals surface area contributed by atoms with E-state index in [4.69, 9.17) is 4.74 Å². The molecule has 0 spiro atoms. The number of hydrogen-bond donors (Lipinski definition) is 1. The molecule has 1 aliphatic carbocycles. The van der Waals surface area contributed by atoms with Crippen molar-refractivity contribution in [1.82, 2.24) is 0 Å². The summed E-state index contributed by atoms with van der Waals surface area (Å²) in [4.78, 5) is 12.5. The lowest BCUT2D eigenvalue weighted by atomic mass is 9.80. The van der Waals surface area contributed by atoms with Crippen molar-refractivity contribution in [3.8, 4) is 5.75 Å². The number of carboxylic acids is 1. The van der Waals surface area contributed by atoms with E-state index in [0.717, 1.165) is 36.3 Å². The Labute approximate surface area is 124 Å². The summed E-state index contributed by atoms with van der Waals surface area (Å²) in [6.07, 6.45) is 3.95. The van der Waals surface area contributed by atoms with E-state index in [1.807, 2.05) is 24.3 Å². The first kappa shape index (κ1) is 15.2. The van der Waals surface area contributed by atoms with E-state index in [-0.39, 0.29) is 11.2 Å². The van der Waals surface area contributed by atoms with Crippen molar-refractivity contribution in [2.75, 3.05) is 7.11 Å². The van der Waals surface area contributed by atoms with Gasteiger partial charge >= 0.3 is 5.97 Å². The Hall–Kier alpha value is -1.16. The van der Waals surface area contributed by atoms with Gasteiger partial charge in [0.1, 0.15) is 5.75 Å². The molecule has 0 heterocycles. The van der Waals surface area contributed by atoms with Gasteiger partial charge < -0.3 is 9.84 Å². The van der Waals surface area contributed by atoms with Gasteiger partial charge in [-0.05, 0) is 37.3 Å². The predicted octanol–water partition coefficient (Wildman–Crippen LogP) is 4.07. The van der Waals surface area contributed by atoms with E-state index in [1.54, 1.807) is 18.9 Å². The number of ether oxygens (including phenoxy) is 1. The molecular weight excluding hydrogens is 272 g/mol. The highest BCUT2D eigenvalue weighted by Crippen LogP contribution is 2.43. The second kappa shape index (κ2) is 7.02. The Morgan fingerprint density at radius 1 is 1.40 bits per heavy atom. The summed E-state index contributed by atoms with van der Waals surface area (Å²) in [5.74, 6) is 0.581. The zero-order valence-corrected chi connectivity index (χ0v) is 12.9. The third-order valence-corrected chi connectivity index (χ3v) is 5.56. The van der Waals surface area contributed by atoms with Gasteiger partial charge in [0.25, 0.3) is 0 Å². The minimum atomic E-state index is -0.660. The number of thioether (sulfide) groups is 1. The highest BCUT2D eigenvalue weighted by Gasteiger charge is 2.35. The normalized spacial score (nSPS) is 26.2. The molecule has 0 aliphatic heterocycles. The highest BCUT2D eigenvalue weighted by molar-refractivity contribution is 8.00. The van der Waals surface area contributed by atoms with Crippen molar-refractivity contribution in [2.45, 2.75) is 42.8 Å². The molecule has 3 atom stereocenters. The molecule has 110 valence electrons. The summed E-state index contributed by atoms with van der Waals surface area (Å²) >= 11 is 1.67. The first-order valence-electron chi connectivity index (χ1n) is 7.18. The Morgan fingerprint density at radius 3 is 2.80 bits per heavy atom. The smallest absolute Gasteiger partial charge is 0.307 e. The number of benzene rings is 1. The summed E-state index contributed by atoms with van der Waals surface area (Å²) in [7, 11) is 1.66. The van der Waals surface area contributed by atoms with Crippen LogP contribution in [-0.2, 0) is 4.79 Å². The van der Waals surface area contributed by atoms with Crippen LogP contribution in [0.2, 0.25) is 0 Å². The van der Waals surface area contributed by atoms with Gasteiger partial charge in [-0.25, -0.2) is 0 Å². The number of hydrogen-bond acceptors (Lipinski definition) is 3. The van der Waals surface area contributed by atoms with Crippen LogP contribution in [0, 0.1) is 11.8 Å². The van der Waals surface area contributed by atoms with Crippen molar-refractivity contribution in [1.29, 1.82) is 0 Å². The average Bonchev–Trinajstić information content (AvgIpc) is 2.47.